The molecule has 27 heavy (non-hydrogen) atoms. The second-order valence-electron chi connectivity index (χ2n) is 6.34. The molecule has 0 bridgehead atoms. The number of hydrogen-bond donors (Lipinski definition) is 2. The lowest BCUT2D eigenvalue weighted by Gasteiger charge is -2.32. The number of aliphatic imine (C=N–C) groups is 1. The van der Waals surface area contributed by atoms with Gasteiger partial charge in [0.15, 0.2) is 5.96 Å². The Morgan fingerprint density at radius 2 is 2.00 bits per heavy atom. The molecule has 1 aliphatic rings. The molecule has 1 fully saturated rings. The number of rotatable bonds is 6. The van der Waals surface area contributed by atoms with Crippen LogP contribution in [-0.4, -0.2) is 61.5 Å². The minimum atomic E-state index is -0.240. The van der Waals surface area contributed by atoms with Gasteiger partial charge in [-0.15, -0.1) is 35.7 Å². The Morgan fingerprint density at radius 1 is 1.33 bits per heavy atom. The third-order valence-corrected chi connectivity index (χ3v) is 5.30. The highest BCUT2D eigenvalue weighted by Crippen LogP contribution is 2.22. The standard InChI is InChI=1S/C19H30N4O2S.HI/c1-4-20-18(21-14-15(2)26-17-8-6-5-7-9-17)22-16-10-12-23(13-11-16)19(24)25-3;/h5-9,15-16H,4,10-14H2,1-3H3,(H2,20,21,22);1H. The van der Waals surface area contributed by atoms with Gasteiger partial charge in [0.2, 0.25) is 0 Å². The van der Waals surface area contributed by atoms with Gasteiger partial charge in [-0.2, -0.15) is 0 Å². The maximum absolute atomic E-state index is 11.6. The predicted octanol–water partition coefficient (Wildman–Crippen LogP) is 3.57. The van der Waals surface area contributed by atoms with Crippen molar-refractivity contribution in [2.75, 3.05) is 33.3 Å². The van der Waals surface area contributed by atoms with E-state index in [9.17, 15) is 4.79 Å². The van der Waals surface area contributed by atoms with Crippen LogP contribution in [0.4, 0.5) is 4.79 Å². The topological polar surface area (TPSA) is 66.0 Å². The van der Waals surface area contributed by atoms with Crippen LogP contribution in [0.5, 0.6) is 0 Å². The summed E-state index contributed by atoms with van der Waals surface area (Å²) in [5, 5.41) is 7.22. The fourth-order valence-electron chi connectivity index (χ4n) is 2.84. The second kappa shape index (κ2) is 13.1. The van der Waals surface area contributed by atoms with Crippen LogP contribution >= 0.6 is 35.7 Å². The smallest absolute Gasteiger partial charge is 0.409 e. The van der Waals surface area contributed by atoms with Crippen molar-refractivity contribution in [1.82, 2.24) is 15.5 Å². The van der Waals surface area contributed by atoms with E-state index in [0.29, 0.717) is 24.4 Å². The summed E-state index contributed by atoms with van der Waals surface area (Å²) in [6.45, 7) is 7.26. The van der Waals surface area contributed by atoms with Gasteiger partial charge in [0.25, 0.3) is 0 Å². The minimum Gasteiger partial charge on any atom is -0.453 e. The van der Waals surface area contributed by atoms with Crippen molar-refractivity contribution < 1.29 is 9.53 Å². The second-order valence-corrected chi connectivity index (χ2v) is 7.85. The molecular formula is C19H31IN4O2S. The average molecular weight is 506 g/mol. The first-order chi connectivity index (χ1) is 12.6. The van der Waals surface area contributed by atoms with E-state index < -0.39 is 0 Å². The Bertz CT molecular complexity index is 580. The maximum atomic E-state index is 11.6. The minimum absolute atomic E-state index is 0. The van der Waals surface area contributed by atoms with Gasteiger partial charge in [0, 0.05) is 35.8 Å². The Kier molecular flexibility index (Phi) is 11.6. The normalized spacial score (nSPS) is 16.3. The lowest BCUT2D eigenvalue weighted by molar-refractivity contribution is 0.111. The number of thioether (sulfide) groups is 1. The highest BCUT2D eigenvalue weighted by Gasteiger charge is 2.23. The molecule has 8 heteroatoms. The Morgan fingerprint density at radius 3 is 2.59 bits per heavy atom. The fourth-order valence-corrected chi connectivity index (χ4v) is 3.77. The van der Waals surface area contributed by atoms with Crippen LogP contribution < -0.4 is 10.6 Å². The summed E-state index contributed by atoms with van der Waals surface area (Å²) in [6, 6.07) is 10.7. The lowest BCUT2D eigenvalue weighted by Crippen LogP contribution is -2.49. The molecule has 1 atom stereocenters. The Balaban J connectivity index is 0.00000364. The van der Waals surface area contributed by atoms with Gasteiger partial charge < -0.3 is 20.3 Å². The molecule has 1 saturated heterocycles. The molecule has 1 heterocycles. The van der Waals surface area contributed by atoms with Gasteiger partial charge in [-0.1, -0.05) is 25.1 Å². The number of guanidine groups is 1. The lowest BCUT2D eigenvalue weighted by atomic mass is 10.1. The summed E-state index contributed by atoms with van der Waals surface area (Å²) < 4.78 is 4.79. The van der Waals surface area contributed by atoms with Crippen molar-refractivity contribution in [3.05, 3.63) is 30.3 Å². The first kappa shape index (κ1) is 23.9. The zero-order valence-corrected chi connectivity index (χ0v) is 19.5. The molecule has 1 amide bonds. The zero-order chi connectivity index (χ0) is 18.8. The Hall–Kier alpha value is -1.16. The molecule has 0 spiro atoms. The summed E-state index contributed by atoms with van der Waals surface area (Å²) in [5.74, 6) is 0.851. The van der Waals surface area contributed by atoms with Crippen LogP contribution in [0.15, 0.2) is 40.2 Å². The zero-order valence-electron chi connectivity index (χ0n) is 16.3. The number of nitrogens with zero attached hydrogens (tertiary/aromatic N) is 2. The highest BCUT2D eigenvalue weighted by atomic mass is 127. The Labute approximate surface area is 183 Å². The quantitative estimate of drug-likeness (QED) is 0.267. The van der Waals surface area contributed by atoms with Crippen LogP contribution in [0.2, 0.25) is 0 Å². The highest BCUT2D eigenvalue weighted by molar-refractivity contribution is 14.0. The van der Waals surface area contributed by atoms with E-state index in [0.717, 1.165) is 31.9 Å². The van der Waals surface area contributed by atoms with Gasteiger partial charge in [-0.3, -0.25) is 4.99 Å². The number of hydrogen-bond acceptors (Lipinski definition) is 4. The number of likely N-dealkylation sites (tertiary alicyclic amines) is 1. The summed E-state index contributed by atoms with van der Waals surface area (Å²) in [5.41, 5.74) is 0. The SMILES string of the molecule is CCNC(=NCC(C)Sc1ccccc1)NC1CCN(C(=O)OC)CC1.I. The molecule has 6 nitrogen and oxygen atoms in total. The van der Waals surface area contributed by atoms with Crippen molar-refractivity contribution in [1.29, 1.82) is 0 Å². The summed E-state index contributed by atoms with van der Waals surface area (Å²) >= 11 is 1.84. The molecule has 2 N–H and O–H groups in total. The van der Waals surface area contributed by atoms with Crippen LogP contribution in [0.25, 0.3) is 0 Å². The van der Waals surface area contributed by atoms with Gasteiger partial charge >= 0.3 is 6.09 Å². The molecule has 0 radical (unpaired) electrons. The average Bonchev–Trinajstić information content (AvgIpc) is 2.67. The van der Waals surface area contributed by atoms with E-state index in [2.05, 4.69) is 48.7 Å². The molecule has 1 aliphatic heterocycles. The molecule has 2 rings (SSSR count). The molecule has 1 aromatic carbocycles. The van der Waals surface area contributed by atoms with Crippen molar-refractivity contribution in [3.63, 3.8) is 0 Å². The van der Waals surface area contributed by atoms with E-state index >= 15 is 0 Å². The van der Waals surface area contributed by atoms with Gasteiger partial charge in [0.1, 0.15) is 0 Å². The van der Waals surface area contributed by atoms with Crippen LogP contribution in [0.1, 0.15) is 26.7 Å². The number of benzene rings is 1. The van der Waals surface area contributed by atoms with Crippen LogP contribution in [-0.2, 0) is 4.74 Å². The third-order valence-electron chi connectivity index (χ3n) is 4.20. The predicted molar refractivity (Wildman–Crippen MR) is 123 cm³/mol. The molecule has 0 aliphatic carbocycles. The van der Waals surface area contributed by atoms with Gasteiger partial charge in [0.05, 0.1) is 13.7 Å². The summed E-state index contributed by atoms with van der Waals surface area (Å²) in [4.78, 5) is 19.3. The van der Waals surface area contributed by atoms with Crippen LogP contribution in [0, 0.1) is 0 Å². The summed E-state index contributed by atoms with van der Waals surface area (Å²) in [6.07, 6.45) is 1.55. The molecule has 1 aromatic rings. The van der Waals surface area contributed by atoms with Crippen molar-refractivity contribution >= 4 is 47.8 Å². The maximum Gasteiger partial charge on any atom is 0.409 e. The largest absolute Gasteiger partial charge is 0.453 e. The van der Waals surface area contributed by atoms with E-state index in [1.165, 1.54) is 12.0 Å². The number of piperidine rings is 1. The number of amides is 1. The number of carbonyl (C=O) groups excluding carboxylic acids is 1. The number of methoxy groups -OCH3 is 1. The first-order valence-corrected chi connectivity index (χ1v) is 10.1. The van der Waals surface area contributed by atoms with Crippen LogP contribution in [0.3, 0.4) is 0 Å². The van der Waals surface area contributed by atoms with E-state index in [4.69, 9.17) is 9.73 Å². The first-order valence-electron chi connectivity index (χ1n) is 9.21. The van der Waals surface area contributed by atoms with Crippen molar-refractivity contribution in [2.24, 2.45) is 4.99 Å². The molecule has 152 valence electrons. The molecule has 0 saturated carbocycles. The van der Waals surface area contributed by atoms with E-state index in [1.54, 1.807) is 4.90 Å². The molecular weight excluding hydrogens is 475 g/mol. The third kappa shape index (κ3) is 8.59. The van der Waals surface area contributed by atoms with E-state index in [-0.39, 0.29) is 30.1 Å². The van der Waals surface area contributed by atoms with Crippen molar-refractivity contribution in [2.45, 2.75) is 42.9 Å². The fraction of sp³-hybridized carbons (Fsp3) is 0.579. The molecule has 0 aromatic heterocycles. The van der Waals surface area contributed by atoms with E-state index in [1.807, 2.05) is 17.8 Å². The molecule has 1 unspecified atom stereocenters. The van der Waals surface area contributed by atoms with Gasteiger partial charge in [-0.25, -0.2) is 4.79 Å². The monoisotopic (exact) mass is 506 g/mol. The number of nitrogens with one attached hydrogen (secondary N) is 2. The van der Waals surface area contributed by atoms with Gasteiger partial charge in [-0.05, 0) is 31.9 Å². The summed E-state index contributed by atoms with van der Waals surface area (Å²) in [7, 11) is 1.43. The van der Waals surface area contributed by atoms with Crippen molar-refractivity contribution in [3.8, 4) is 0 Å². The number of ether oxygens (including phenoxy) is 1. The number of halogens is 1. The number of carbonyl (C=O) groups is 1.